The van der Waals surface area contributed by atoms with Gasteiger partial charge in [0.2, 0.25) is 0 Å². The summed E-state index contributed by atoms with van der Waals surface area (Å²) >= 11 is 12.5. The van der Waals surface area contributed by atoms with Crippen molar-refractivity contribution in [2.45, 2.75) is 45.6 Å². The number of sulfone groups is 1. The fourth-order valence-electron chi connectivity index (χ4n) is 3.81. The third-order valence-electron chi connectivity index (χ3n) is 5.75. The SMILES string of the molecule is CCS(=O)(=O)Cc1ccc(C(=O)c2cc(Cl)ccc2Cl)c(-c2cn(C)c(=O)cc2CNC(=O)OC(C)(C)C)c1. The number of nitrogens with one attached hydrogen (secondary N) is 1. The topological polar surface area (TPSA) is 112 Å². The molecule has 0 saturated heterocycles. The molecular formula is C28H30Cl2N2O6S. The van der Waals surface area contributed by atoms with Crippen molar-refractivity contribution in [3.05, 3.63) is 91.3 Å². The van der Waals surface area contributed by atoms with E-state index >= 15 is 0 Å². The first kappa shape index (κ1) is 30.4. The van der Waals surface area contributed by atoms with E-state index in [0.717, 1.165) is 0 Å². The van der Waals surface area contributed by atoms with Crippen molar-refractivity contribution in [3.63, 3.8) is 0 Å². The van der Waals surface area contributed by atoms with Crippen LogP contribution in [0.5, 0.6) is 0 Å². The second kappa shape index (κ2) is 11.9. The van der Waals surface area contributed by atoms with Crippen LogP contribution in [-0.2, 0) is 33.9 Å². The second-order valence-corrected chi connectivity index (χ2v) is 13.2. The number of carbonyl (C=O) groups excluding carboxylic acids is 2. The van der Waals surface area contributed by atoms with Crippen LogP contribution < -0.4 is 10.9 Å². The van der Waals surface area contributed by atoms with Crippen molar-refractivity contribution in [1.82, 2.24) is 9.88 Å². The number of amides is 1. The largest absolute Gasteiger partial charge is 0.444 e. The molecule has 1 aromatic heterocycles. The van der Waals surface area contributed by atoms with Gasteiger partial charge >= 0.3 is 6.09 Å². The molecule has 2 aromatic carbocycles. The number of rotatable bonds is 8. The number of nitrogens with zero attached hydrogens (tertiary/aromatic N) is 1. The van der Waals surface area contributed by atoms with Crippen LogP contribution in [0, 0.1) is 0 Å². The van der Waals surface area contributed by atoms with Crippen LogP contribution in [0.3, 0.4) is 0 Å². The van der Waals surface area contributed by atoms with Gasteiger partial charge in [0.25, 0.3) is 5.56 Å². The summed E-state index contributed by atoms with van der Waals surface area (Å²) in [5, 5.41) is 3.16. The summed E-state index contributed by atoms with van der Waals surface area (Å²) in [7, 11) is -1.83. The molecule has 0 aliphatic rings. The van der Waals surface area contributed by atoms with E-state index in [-0.39, 0.29) is 39.8 Å². The molecule has 1 heterocycles. The number of benzene rings is 2. The molecule has 0 atom stereocenters. The zero-order chi connectivity index (χ0) is 29.1. The molecule has 0 radical (unpaired) electrons. The molecular weight excluding hydrogens is 563 g/mol. The van der Waals surface area contributed by atoms with E-state index in [1.54, 1.807) is 52.9 Å². The highest BCUT2D eigenvalue weighted by atomic mass is 35.5. The predicted molar refractivity (Wildman–Crippen MR) is 153 cm³/mol. The molecule has 3 rings (SSSR count). The Hall–Kier alpha value is -3.14. The van der Waals surface area contributed by atoms with Gasteiger partial charge in [0.05, 0.1) is 10.8 Å². The first-order valence-electron chi connectivity index (χ1n) is 12.1. The van der Waals surface area contributed by atoms with Crippen molar-refractivity contribution in [3.8, 4) is 11.1 Å². The quantitative estimate of drug-likeness (QED) is 0.343. The monoisotopic (exact) mass is 592 g/mol. The minimum Gasteiger partial charge on any atom is -0.444 e. The van der Waals surface area contributed by atoms with Gasteiger partial charge in [-0.2, -0.15) is 0 Å². The molecule has 208 valence electrons. The molecule has 3 aromatic rings. The molecule has 11 heteroatoms. The molecule has 0 spiro atoms. The molecule has 1 amide bonds. The predicted octanol–water partition coefficient (Wildman–Crippen LogP) is 5.55. The van der Waals surface area contributed by atoms with Crippen LogP contribution in [0.15, 0.2) is 53.5 Å². The number of ether oxygens (including phenoxy) is 1. The van der Waals surface area contributed by atoms with E-state index in [9.17, 15) is 22.8 Å². The van der Waals surface area contributed by atoms with Crippen molar-refractivity contribution in [2.24, 2.45) is 7.05 Å². The van der Waals surface area contributed by atoms with Gasteiger partial charge in [0.1, 0.15) is 5.60 Å². The summed E-state index contributed by atoms with van der Waals surface area (Å²) in [6, 6.07) is 10.6. The second-order valence-electron chi connectivity index (χ2n) is 10.0. The zero-order valence-corrected chi connectivity index (χ0v) is 24.6. The van der Waals surface area contributed by atoms with E-state index in [2.05, 4.69) is 5.32 Å². The fraction of sp³-hybridized carbons (Fsp3) is 0.321. The van der Waals surface area contributed by atoms with Crippen LogP contribution in [0.2, 0.25) is 10.0 Å². The van der Waals surface area contributed by atoms with Gasteiger partial charge in [-0.3, -0.25) is 9.59 Å². The highest BCUT2D eigenvalue weighted by molar-refractivity contribution is 7.90. The van der Waals surface area contributed by atoms with Gasteiger partial charge in [-0.1, -0.05) is 42.3 Å². The lowest BCUT2D eigenvalue weighted by Gasteiger charge is -2.20. The fourth-order valence-corrected chi connectivity index (χ4v) is 5.08. The molecule has 8 nitrogen and oxygen atoms in total. The molecule has 0 unspecified atom stereocenters. The van der Waals surface area contributed by atoms with E-state index in [4.69, 9.17) is 27.9 Å². The zero-order valence-electron chi connectivity index (χ0n) is 22.3. The Balaban J connectivity index is 2.21. The Bertz CT molecular complexity index is 1590. The van der Waals surface area contributed by atoms with Crippen LogP contribution in [0.25, 0.3) is 11.1 Å². The van der Waals surface area contributed by atoms with E-state index in [0.29, 0.717) is 27.3 Å². The minimum atomic E-state index is -3.39. The summed E-state index contributed by atoms with van der Waals surface area (Å²) in [5.41, 5.74) is 1.00. The smallest absolute Gasteiger partial charge is 0.407 e. The lowest BCUT2D eigenvalue weighted by molar-refractivity contribution is 0.0523. The highest BCUT2D eigenvalue weighted by Gasteiger charge is 2.23. The van der Waals surface area contributed by atoms with Crippen LogP contribution in [0.1, 0.15) is 54.7 Å². The summed E-state index contributed by atoms with van der Waals surface area (Å²) in [5.74, 6) is -0.728. The maximum atomic E-state index is 13.7. The van der Waals surface area contributed by atoms with Crippen LogP contribution in [0.4, 0.5) is 4.79 Å². The first-order chi connectivity index (χ1) is 18.1. The highest BCUT2D eigenvalue weighted by Crippen LogP contribution is 2.32. The number of halogens is 2. The number of aromatic nitrogens is 1. The summed E-state index contributed by atoms with van der Waals surface area (Å²) in [4.78, 5) is 38.6. The molecule has 0 aliphatic heterocycles. The third-order valence-corrected chi connectivity index (χ3v) is 7.97. The number of ketones is 1. The van der Waals surface area contributed by atoms with E-state index in [1.807, 2.05) is 0 Å². The van der Waals surface area contributed by atoms with Crippen LogP contribution >= 0.6 is 23.2 Å². The lowest BCUT2D eigenvalue weighted by Crippen LogP contribution is -2.32. The summed E-state index contributed by atoms with van der Waals surface area (Å²) < 4.78 is 31.4. The Labute approximate surface area is 237 Å². The van der Waals surface area contributed by atoms with Gasteiger partial charge < -0.3 is 14.6 Å². The minimum absolute atomic E-state index is 0.0496. The molecule has 1 N–H and O–H groups in total. The number of hydrogen-bond donors (Lipinski definition) is 1. The molecule has 0 aliphatic carbocycles. The number of pyridine rings is 1. The lowest BCUT2D eigenvalue weighted by atomic mass is 9.91. The Kier molecular flexibility index (Phi) is 9.31. The maximum Gasteiger partial charge on any atom is 0.407 e. The molecule has 39 heavy (non-hydrogen) atoms. The maximum absolute atomic E-state index is 13.7. The van der Waals surface area contributed by atoms with Gasteiger partial charge in [-0.05, 0) is 61.7 Å². The standard InChI is InChI=1S/C28H30Cl2N2O6S/c1-6-39(36,37)16-17-7-9-20(26(34)22-13-19(29)8-10-24(22)30)21(11-17)23-15-32(5)25(33)12-18(23)14-31-27(35)38-28(2,3)4/h7-13,15H,6,14,16H2,1-5H3,(H,31,35). The number of hydrogen-bond acceptors (Lipinski definition) is 6. The van der Waals surface area contributed by atoms with Gasteiger partial charge in [-0.15, -0.1) is 0 Å². The Morgan fingerprint density at radius 1 is 1.00 bits per heavy atom. The van der Waals surface area contributed by atoms with Crippen LogP contribution in [-0.4, -0.2) is 36.2 Å². The van der Waals surface area contributed by atoms with Gasteiger partial charge in [0, 0.05) is 53.3 Å². The number of carbonyl (C=O) groups is 2. The molecule has 0 bridgehead atoms. The Morgan fingerprint density at radius 3 is 2.33 bits per heavy atom. The summed E-state index contributed by atoms with van der Waals surface area (Å²) in [6.45, 7) is 6.66. The normalized spacial score (nSPS) is 11.8. The van der Waals surface area contributed by atoms with Crippen molar-refractivity contribution in [1.29, 1.82) is 0 Å². The number of alkyl carbamates (subject to hydrolysis) is 1. The van der Waals surface area contributed by atoms with Crippen molar-refractivity contribution in [2.75, 3.05) is 5.75 Å². The Morgan fingerprint density at radius 2 is 1.69 bits per heavy atom. The van der Waals surface area contributed by atoms with E-state index in [1.165, 1.54) is 35.0 Å². The van der Waals surface area contributed by atoms with Gasteiger partial charge in [0.15, 0.2) is 15.6 Å². The average molecular weight is 594 g/mol. The average Bonchev–Trinajstić information content (AvgIpc) is 2.84. The van der Waals surface area contributed by atoms with Gasteiger partial charge in [-0.25, -0.2) is 13.2 Å². The summed E-state index contributed by atoms with van der Waals surface area (Å²) in [6.07, 6.45) is 0.858. The molecule has 0 saturated carbocycles. The first-order valence-corrected chi connectivity index (χ1v) is 14.7. The van der Waals surface area contributed by atoms with Crippen molar-refractivity contribution >= 4 is 44.9 Å². The molecule has 0 fully saturated rings. The van der Waals surface area contributed by atoms with Crippen molar-refractivity contribution < 1.29 is 22.7 Å². The third kappa shape index (κ3) is 7.94. The van der Waals surface area contributed by atoms with E-state index < -0.39 is 27.3 Å². The number of aryl methyl sites for hydroxylation is 1.